The summed E-state index contributed by atoms with van der Waals surface area (Å²) < 4.78 is 0. The van der Waals surface area contributed by atoms with E-state index in [4.69, 9.17) is 0 Å². The van der Waals surface area contributed by atoms with Gasteiger partial charge in [-0.3, -0.25) is 0 Å². The van der Waals surface area contributed by atoms with Gasteiger partial charge in [-0.15, -0.1) is 16.7 Å². The summed E-state index contributed by atoms with van der Waals surface area (Å²) in [6.45, 7) is 5.86. The third-order valence-corrected chi connectivity index (χ3v) is 5.09. The van der Waals surface area contributed by atoms with Gasteiger partial charge in [0.2, 0.25) is 0 Å². The Morgan fingerprint density at radius 1 is 0.636 bits per heavy atom. The molecule has 0 atom stereocenters. The molecule has 0 bridgehead atoms. The Morgan fingerprint density at radius 3 is 1.64 bits per heavy atom. The molecule has 0 aromatic heterocycles. The van der Waals surface area contributed by atoms with Crippen molar-refractivity contribution in [1.29, 1.82) is 0 Å². The van der Waals surface area contributed by atoms with Crippen LogP contribution in [0.4, 0.5) is 0 Å². The first-order chi connectivity index (χ1) is 15.7. The monoisotopic (exact) mass is 615 g/mol. The molecule has 0 aliphatic carbocycles. The molecule has 0 radical (unpaired) electrons. The van der Waals surface area contributed by atoms with Crippen molar-refractivity contribution in [3.63, 3.8) is 0 Å². The molecule has 0 spiro atoms. The van der Waals surface area contributed by atoms with Crippen LogP contribution in [0.1, 0.15) is 11.1 Å². The van der Waals surface area contributed by atoms with Crippen LogP contribution in [0.15, 0.2) is 97.6 Å². The zero-order valence-electron chi connectivity index (χ0n) is 18.9. The summed E-state index contributed by atoms with van der Waals surface area (Å²) in [5.41, 5.74) is 4.91. The second-order valence-corrected chi connectivity index (χ2v) is 7.86. The fourth-order valence-corrected chi connectivity index (χ4v) is 3.55. The van der Waals surface area contributed by atoms with E-state index >= 15 is 0 Å². The standard InChI is InChI=1S/C16H19N4.C12H9.Pt/c1-17-6-8-19(13-17)11-15-4-3-5-16(10-15)12-20-9-7-18(2)14-20;1-3-7-11(8-4-1)12-9-5-2-6-10-12;/h3-9,13-14H,11-12H2,1-2H3;1,3-10H;/q-3;-1;+4. The summed E-state index contributed by atoms with van der Waals surface area (Å²) in [6, 6.07) is 31.2. The van der Waals surface area contributed by atoms with Gasteiger partial charge in [0.25, 0.3) is 0 Å². The fraction of sp³-hybridized carbons (Fsp3) is 0.143. The Bertz CT molecular complexity index is 955. The van der Waals surface area contributed by atoms with Gasteiger partial charge < -0.3 is 19.6 Å². The van der Waals surface area contributed by atoms with Crippen molar-refractivity contribution in [2.75, 3.05) is 14.1 Å². The quantitative estimate of drug-likeness (QED) is 0.361. The molecule has 0 saturated carbocycles. The fourth-order valence-electron chi connectivity index (χ4n) is 3.55. The number of hydrogen-bond acceptors (Lipinski definition) is 4. The molecule has 2 aliphatic rings. The van der Waals surface area contributed by atoms with Crippen LogP contribution in [-0.2, 0) is 34.2 Å². The molecule has 33 heavy (non-hydrogen) atoms. The first-order valence-electron chi connectivity index (χ1n) is 10.7. The van der Waals surface area contributed by atoms with Crippen molar-refractivity contribution in [1.82, 2.24) is 19.6 Å². The molecule has 4 nitrogen and oxygen atoms in total. The van der Waals surface area contributed by atoms with Gasteiger partial charge in [-0.25, -0.2) is 0 Å². The summed E-state index contributed by atoms with van der Waals surface area (Å²) >= 11 is 0. The molecule has 5 heteroatoms. The van der Waals surface area contributed by atoms with Crippen molar-refractivity contribution in [2.24, 2.45) is 0 Å². The predicted octanol–water partition coefficient (Wildman–Crippen LogP) is 5.31. The minimum atomic E-state index is 0. The van der Waals surface area contributed by atoms with Crippen LogP contribution in [0.3, 0.4) is 0 Å². The topological polar surface area (TPSA) is 13.0 Å². The third kappa shape index (κ3) is 7.54. The van der Waals surface area contributed by atoms with Crippen molar-refractivity contribution < 1.29 is 21.1 Å². The molecule has 3 aromatic rings. The zero-order chi connectivity index (χ0) is 22.2. The van der Waals surface area contributed by atoms with Crippen LogP contribution < -0.4 is 0 Å². The minimum absolute atomic E-state index is 0. The van der Waals surface area contributed by atoms with Gasteiger partial charge >= 0.3 is 21.1 Å². The van der Waals surface area contributed by atoms with Gasteiger partial charge in [-0.1, -0.05) is 30.3 Å². The van der Waals surface area contributed by atoms with E-state index in [1.54, 1.807) is 0 Å². The Balaban J connectivity index is 0.000000202. The van der Waals surface area contributed by atoms with Crippen molar-refractivity contribution in [2.45, 2.75) is 13.1 Å². The Hall–Kier alpha value is -2.97. The number of rotatable bonds is 5. The van der Waals surface area contributed by atoms with Gasteiger partial charge in [-0.2, -0.15) is 67.9 Å². The molecular formula is C28H28N4Pt. The summed E-state index contributed by atoms with van der Waals surface area (Å²) in [5.74, 6) is 0. The van der Waals surface area contributed by atoms with E-state index < -0.39 is 0 Å². The third-order valence-electron chi connectivity index (χ3n) is 5.09. The maximum absolute atomic E-state index is 3.50. The maximum atomic E-state index is 3.50. The average molecular weight is 616 g/mol. The summed E-state index contributed by atoms with van der Waals surface area (Å²) in [7, 11) is 4.06. The van der Waals surface area contributed by atoms with Crippen LogP contribution in [0, 0.1) is 25.5 Å². The molecule has 3 aromatic carbocycles. The molecule has 170 valence electrons. The van der Waals surface area contributed by atoms with Gasteiger partial charge in [0.1, 0.15) is 0 Å². The van der Waals surface area contributed by atoms with Crippen LogP contribution in [0.5, 0.6) is 0 Å². The first kappa shape index (κ1) is 24.7. The molecular weight excluding hydrogens is 587 g/mol. The molecule has 0 fully saturated rings. The Kier molecular flexibility index (Phi) is 9.21. The van der Waals surface area contributed by atoms with E-state index in [9.17, 15) is 0 Å². The van der Waals surface area contributed by atoms with Crippen molar-refractivity contribution >= 4 is 0 Å². The van der Waals surface area contributed by atoms with Gasteiger partial charge in [0.15, 0.2) is 0 Å². The molecule has 2 heterocycles. The normalized spacial score (nSPS) is 14.2. The van der Waals surface area contributed by atoms with Crippen LogP contribution in [-0.4, -0.2) is 33.7 Å². The van der Waals surface area contributed by atoms with Gasteiger partial charge in [-0.05, 0) is 57.5 Å². The molecule has 0 unspecified atom stereocenters. The molecule has 5 rings (SSSR count). The van der Waals surface area contributed by atoms with Crippen LogP contribution >= 0.6 is 0 Å². The SMILES string of the molecule is CN1C=CN(Cc2[c-]c(CN3C=CN(C)[CH-]3)ccc2)[CH-]1.[Pt+4].[c-]1ccc(-c2ccccc2)cc1. The van der Waals surface area contributed by atoms with E-state index in [1.807, 2.05) is 66.6 Å². The summed E-state index contributed by atoms with van der Waals surface area (Å²) in [5, 5.41) is 0. The number of nitrogens with zero attached hydrogens (tertiary/aromatic N) is 4. The Labute approximate surface area is 212 Å². The summed E-state index contributed by atoms with van der Waals surface area (Å²) in [4.78, 5) is 8.41. The zero-order valence-corrected chi connectivity index (χ0v) is 21.2. The van der Waals surface area contributed by atoms with Gasteiger partial charge in [0, 0.05) is 0 Å². The molecule has 2 aliphatic heterocycles. The number of hydrogen-bond donors (Lipinski definition) is 0. The van der Waals surface area contributed by atoms with E-state index in [0.717, 1.165) is 13.1 Å². The van der Waals surface area contributed by atoms with E-state index in [1.165, 1.54) is 22.3 Å². The smallest absolute Gasteiger partial charge is 0.511 e. The van der Waals surface area contributed by atoms with Crippen LogP contribution in [0.2, 0.25) is 0 Å². The second-order valence-electron chi connectivity index (χ2n) is 7.86. The predicted molar refractivity (Wildman–Crippen MR) is 129 cm³/mol. The van der Waals surface area contributed by atoms with Crippen molar-refractivity contribution in [3.8, 4) is 11.1 Å². The first-order valence-corrected chi connectivity index (χ1v) is 10.7. The van der Waals surface area contributed by atoms with E-state index in [2.05, 4.69) is 90.1 Å². The van der Waals surface area contributed by atoms with Crippen LogP contribution in [0.25, 0.3) is 11.1 Å². The molecule has 0 N–H and O–H groups in total. The number of benzene rings is 3. The summed E-state index contributed by atoms with van der Waals surface area (Å²) in [6.07, 6.45) is 8.24. The maximum Gasteiger partial charge on any atom is 4.00 e. The largest absolute Gasteiger partial charge is 4.00 e. The van der Waals surface area contributed by atoms with Gasteiger partial charge in [0.05, 0.1) is 0 Å². The van der Waals surface area contributed by atoms with E-state index in [0.29, 0.717) is 0 Å². The molecule has 0 saturated heterocycles. The molecule has 0 amide bonds. The average Bonchev–Trinajstić information content (AvgIpc) is 3.43. The minimum Gasteiger partial charge on any atom is -0.511 e. The van der Waals surface area contributed by atoms with Crippen molar-refractivity contribution in [3.05, 3.63) is 134 Å². The van der Waals surface area contributed by atoms with E-state index in [-0.39, 0.29) is 21.1 Å². The Morgan fingerprint density at radius 2 is 1.15 bits per heavy atom. The second kappa shape index (κ2) is 12.3.